The Morgan fingerprint density at radius 3 is 2.24 bits per heavy atom. The first-order chi connectivity index (χ1) is 8.05. The summed E-state index contributed by atoms with van der Waals surface area (Å²) in [5, 5.41) is 0.406. The summed E-state index contributed by atoms with van der Waals surface area (Å²) in [6.07, 6.45) is 8.45. The number of carbonyl (C=O) groups excluding carboxylic acids is 1. The van der Waals surface area contributed by atoms with E-state index in [1.165, 1.54) is 12.8 Å². The van der Waals surface area contributed by atoms with Gasteiger partial charge in [0.1, 0.15) is 0 Å². The zero-order valence-electron chi connectivity index (χ0n) is 12.3. The monoisotopic (exact) mass is 255 g/mol. The number of hydrogen-bond acceptors (Lipinski definition) is 2. The normalized spacial score (nSPS) is 15.4. The standard InChI is InChI=1S/C14H29NOSi/c1-6-9-10-11-12-14(16)17(8-3,13-7-2)15(4)5/h11-12H,6-10,13H2,1-5H3/b12-11+. The fourth-order valence-corrected chi connectivity index (χ4v) is 6.04. The van der Waals surface area contributed by atoms with Crippen molar-refractivity contribution in [2.75, 3.05) is 14.1 Å². The van der Waals surface area contributed by atoms with Gasteiger partial charge in [0.2, 0.25) is 8.24 Å². The minimum atomic E-state index is -1.90. The van der Waals surface area contributed by atoms with Crippen molar-refractivity contribution in [3.05, 3.63) is 12.2 Å². The van der Waals surface area contributed by atoms with E-state index in [2.05, 4.69) is 45.5 Å². The Bertz CT molecular complexity index is 251. The maximum absolute atomic E-state index is 12.4. The minimum absolute atomic E-state index is 0.406. The molecule has 100 valence electrons. The van der Waals surface area contributed by atoms with Crippen molar-refractivity contribution < 1.29 is 4.79 Å². The van der Waals surface area contributed by atoms with Crippen molar-refractivity contribution in [2.45, 2.75) is 58.5 Å². The van der Waals surface area contributed by atoms with E-state index in [9.17, 15) is 4.79 Å². The highest BCUT2D eigenvalue weighted by molar-refractivity contribution is 7.05. The molecule has 1 atom stereocenters. The lowest BCUT2D eigenvalue weighted by molar-refractivity contribution is -0.109. The lowest BCUT2D eigenvalue weighted by atomic mass is 10.2. The van der Waals surface area contributed by atoms with Gasteiger partial charge >= 0.3 is 0 Å². The molecule has 17 heavy (non-hydrogen) atoms. The fraction of sp³-hybridized carbons (Fsp3) is 0.786. The zero-order chi connectivity index (χ0) is 13.3. The molecule has 0 aliphatic rings. The molecule has 1 unspecified atom stereocenters. The fourth-order valence-electron chi connectivity index (χ4n) is 2.32. The van der Waals surface area contributed by atoms with Crippen molar-refractivity contribution in [3.63, 3.8) is 0 Å². The van der Waals surface area contributed by atoms with Crippen LogP contribution in [-0.2, 0) is 4.79 Å². The van der Waals surface area contributed by atoms with Crippen LogP contribution < -0.4 is 0 Å². The average Bonchev–Trinajstić information content (AvgIpc) is 2.31. The smallest absolute Gasteiger partial charge is 0.209 e. The van der Waals surface area contributed by atoms with E-state index in [1.807, 2.05) is 6.08 Å². The van der Waals surface area contributed by atoms with Gasteiger partial charge in [0.05, 0.1) is 0 Å². The van der Waals surface area contributed by atoms with Gasteiger partial charge in [-0.2, -0.15) is 0 Å². The van der Waals surface area contributed by atoms with Crippen molar-refractivity contribution in [2.24, 2.45) is 0 Å². The summed E-state index contributed by atoms with van der Waals surface area (Å²) in [7, 11) is 2.24. The number of nitrogens with zero attached hydrogens (tertiary/aromatic N) is 1. The van der Waals surface area contributed by atoms with Crippen LogP contribution in [0, 0.1) is 0 Å². The van der Waals surface area contributed by atoms with E-state index >= 15 is 0 Å². The van der Waals surface area contributed by atoms with E-state index in [4.69, 9.17) is 0 Å². The van der Waals surface area contributed by atoms with Crippen molar-refractivity contribution in [1.29, 1.82) is 0 Å². The van der Waals surface area contributed by atoms with Crippen molar-refractivity contribution in [3.8, 4) is 0 Å². The molecule has 0 bridgehead atoms. The third-order valence-corrected chi connectivity index (χ3v) is 8.85. The highest BCUT2D eigenvalue weighted by Crippen LogP contribution is 2.21. The van der Waals surface area contributed by atoms with Gasteiger partial charge in [-0.25, -0.2) is 0 Å². The number of rotatable bonds is 9. The van der Waals surface area contributed by atoms with Gasteiger partial charge in [0.15, 0.2) is 5.41 Å². The van der Waals surface area contributed by atoms with Crippen LogP contribution >= 0.6 is 0 Å². The SMILES string of the molecule is CCCC/C=C/C(=O)[Si](CC)(CCC)N(C)C. The molecule has 0 radical (unpaired) electrons. The Kier molecular flexibility index (Phi) is 8.43. The van der Waals surface area contributed by atoms with E-state index in [0.29, 0.717) is 5.41 Å². The predicted molar refractivity (Wildman–Crippen MR) is 78.7 cm³/mol. The summed E-state index contributed by atoms with van der Waals surface area (Å²) in [5.41, 5.74) is 0. The molecular formula is C14H29NOSi. The first-order valence-corrected chi connectivity index (χ1v) is 9.29. The molecule has 0 N–H and O–H groups in total. The molecule has 0 fully saturated rings. The molecular weight excluding hydrogens is 226 g/mol. The Labute approximate surface area is 108 Å². The lowest BCUT2D eigenvalue weighted by Gasteiger charge is -2.34. The minimum Gasteiger partial charge on any atom is -0.323 e. The lowest BCUT2D eigenvalue weighted by Crippen LogP contribution is -2.55. The van der Waals surface area contributed by atoms with Crippen LogP contribution in [0.2, 0.25) is 12.1 Å². The van der Waals surface area contributed by atoms with E-state index in [0.717, 1.165) is 24.9 Å². The first kappa shape index (κ1) is 16.6. The van der Waals surface area contributed by atoms with Gasteiger partial charge in [-0.15, -0.1) is 0 Å². The van der Waals surface area contributed by atoms with Gasteiger partial charge in [0.25, 0.3) is 0 Å². The third-order valence-electron chi connectivity index (χ3n) is 3.56. The number of carbonyl (C=O) groups is 1. The molecule has 0 aliphatic carbocycles. The molecule has 0 aromatic heterocycles. The van der Waals surface area contributed by atoms with Gasteiger partial charge < -0.3 is 4.57 Å². The van der Waals surface area contributed by atoms with E-state index < -0.39 is 8.24 Å². The second kappa shape index (κ2) is 8.64. The highest BCUT2D eigenvalue weighted by atomic mass is 28.3. The zero-order valence-corrected chi connectivity index (χ0v) is 13.3. The molecule has 0 aliphatic heterocycles. The van der Waals surface area contributed by atoms with Crippen LogP contribution in [0.1, 0.15) is 46.5 Å². The van der Waals surface area contributed by atoms with Crippen LogP contribution in [-0.4, -0.2) is 32.3 Å². The first-order valence-electron chi connectivity index (χ1n) is 6.93. The Morgan fingerprint density at radius 2 is 1.82 bits per heavy atom. The Morgan fingerprint density at radius 1 is 1.18 bits per heavy atom. The maximum Gasteiger partial charge on any atom is 0.209 e. The van der Waals surface area contributed by atoms with Crippen LogP contribution in [0.25, 0.3) is 0 Å². The van der Waals surface area contributed by atoms with Crippen molar-refractivity contribution in [1.82, 2.24) is 4.57 Å². The average molecular weight is 255 g/mol. The Balaban J connectivity index is 4.68. The van der Waals surface area contributed by atoms with E-state index in [-0.39, 0.29) is 0 Å². The van der Waals surface area contributed by atoms with Gasteiger partial charge in [0, 0.05) is 0 Å². The molecule has 0 amide bonds. The molecule has 2 nitrogen and oxygen atoms in total. The second-order valence-corrected chi connectivity index (χ2v) is 9.60. The summed E-state index contributed by atoms with van der Waals surface area (Å²) in [6, 6.07) is 2.10. The number of unbranched alkanes of at least 4 members (excludes halogenated alkanes) is 2. The van der Waals surface area contributed by atoms with Gasteiger partial charge in [-0.05, 0) is 38.7 Å². The third kappa shape index (κ3) is 4.76. The molecule has 0 heterocycles. The number of hydrogen-bond donors (Lipinski definition) is 0. The van der Waals surface area contributed by atoms with Gasteiger partial charge in [-0.3, -0.25) is 4.79 Å². The second-order valence-electron chi connectivity index (χ2n) is 4.94. The summed E-state index contributed by atoms with van der Waals surface area (Å²) in [5.74, 6) is 0. The molecule has 0 aromatic carbocycles. The molecule has 3 heteroatoms. The predicted octanol–water partition coefficient (Wildman–Crippen LogP) is 3.78. The molecule has 0 saturated heterocycles. The van der Waals surface area contributed by atoms with Crippen LogP contribution in [0.3, 0.4) is 0 Å². The summed E-state index contributed by atoms with van der Waals surface area (Å²) in [4.78, 5) is 12.4. The highest BCUT2D eigenvalue weighted by Gasteiger charge is 2.39. The topological polar surface area (TPSA) is 20.3 Å². The molecule has 0 saturated carbocycles. The van der Waals surface area contributed by atoms with Crippen LogP contribution in [0.4, 0.5) is 0 Å². The summed E-state index contributed by atoms with van der Waals surface area (Å²) < 4.78 is 2.23. The molecule has 0 spiro atoms. The molecule has 0 rings (SSSR count). The van der Waals surface area contributed by atoms with Gasteiger partial charge in [-0.1, -0.05) is 46.1 Å². The molecule has 0 aromatic rings. The summed E-state index contributed by atoms with van der Waals surface area (Å²) >= 11 is 0. The van der Waals surface area contributed by atoms with Crippen LogP contribution in [0.15, 0.2) is 12.2 Å². The quantitative estimate of drug-likeness (QED) is 0.355. The van der Waals surface area contributed by atoms with Crippen LogP contribution in [0.5, 0.6) is 0 Å². The Hall–Kier alpha value is -0.413. The number of allylic oxidation sites excluding steroid dienone is 2. The summed E-state index contributed by atoms with van der Waals surface area (Å²) in [6.45, 7) is 6.52. The van der Waals surface area contributed by atoms with E-state index in [1.54, 1.807) is 0 Å². The van der Waals surface area contributed by atoms with Crippen molar-refractivity contribution >= 4 is 13.6 Å². The largest absolute Gasteiger partial charge is 0.323 e. The maximum atomic E-state index is 12.4.